The summed E-state index contributed by atoms with van der Waals surface area (Å²) in [6.07, 6.45) is 4.02. The predicted molar refractivity (Wildman–Crippen MR) is 104 cm³/mol. The Hall–Kier alpha value is -1.36. The van der Waals surface area contributed by atoms with Crippen LogP contribution < -0.4 is 10.1 Å². The van der Waals surface area contributed by atoms with Crippen molar-refractivity contribution in [2.75, 3.05) is 20.2 Å². The molecule has 0 amide bonds. The maximum absolute atomic E-state index is 5.53. The summed E-state index contributed by atoms with van der Waals surface area (Å²) in [5, 5.41) is 8.00. The number of thiophene rings is 1. The SMILES string of the molecule is COc1cc(CN(Cc2ccsc2)C2CC23CCNCC3)ccc1C. The van der Waals surface area contributed by atoms with Crippen molar-refractivity contribution in [1.82, 2.24) is 10.2 Å². The minimum atomic E-state index is 0.566. The van der Waals surface area contributed by atoms with Crippen molar-refractivity contribution < 1.29 is 4.74 Å². The van der Waals surface area contributed by atoms with Crippen molar-refractivity contribution in [3.05, 3.63) is 51.7 Å². The van der Waals surface area contributed by atoms with Crippen molar-refractivity contribution in [3.63, 3.8) is 0 Å². The van der Waals surface area contributed by atoms with Crippen LogP contribution in [-0.4, -0.2) is 31.1 Å². The predicted octanol–water partition coefficient (Wildman–Crippen LogP) is 4.21. The van der Waals surface area contributed by atoms with Crippen LogP contribution >= 0.6 is 11.3 Å². The maximum Gasteiger partial charge on any atom is 0.122 e. The summed E-state index contributed by atoms with van der Waals surface area (Å²) in [6.45, 7) is 6.53. The molecule has 1 aromatic carbocycles. The average Bonchev–Trinajstić information content (AvgIpc) is 3.05. The van der Waals surface area contributed by atoms with E-state index in [1.54, 1.807) is 18.4 Å². The smallest absolute Gasteiger partial charge is 0.122 e. The third kappa shape index (κ3) is 3.62. The van der Waals surface area contributed by atoms with Crippen LogP contribution in [0.4, 0.5) is 0 Å². The van der Waals surface area contributed by atoms with Crippen LogP contribution in [0.1, 0.15) is 36.0 Å². The van der Waals surface area contributed by atoms with Gasteiger partial charge in [-0.25, -0.2) is 0 Å². The van der Waals surface area contributed by atoms with Crippen molar-refractivity contribution in [2.24, 2.45) is 5.41 Å². The summed E-state index contributed by atoms with van der Waals surface area (Å²) in [7, 11) is 1.76. The lowest BCUT2D eigenvalue weighted by molar-refractivity contribution is 0.188. The third-order valence-electron chi connectivity index (χ3n) is 6.01. The molecule has 1 aromatic heterocycles. The standard InChI is InChI=1S/C21H28N2OS/c1-16-3-4-17(11-19(16)24-2)13-23(14-18-5-10-25-15-18)20-12-21(20)6-8-22-9-7-21/h3-5,10-11,15,20,22H,6-9,12-14H2,1-2H3. The fourth-order valence-electron chi connectivity index (χ4n) is 4.40. The summed E-state index contributed by atoms with van der Waals surface area (Å²) in [5.41, 5.74) is 4.57. The molecule has 134 valence electrons. The number of nitrogens with zero attached hydrogens (tertiary/aromatic N) is 1. The summed E-state index contributed by atoms with van der Waals surface area (Å²) >= 11 is 1.80. The van der Waals surface area contributed by atoms with Crippen molar-refractivity contribution in [1.29, 1.82) is 0 Å². The quantitative estimate of drug-likeness (QED) is 0.839. The summed E-state index contributed by atoms with van der Waals surface area (Å²) in [4.78, 5) is 2.71. The molecule has 1 unspecified atom stereocenters. The molecule has 0 bridgehead atoms. The molecule has 3 nitrogen and oxygen atoms in total. The number of aryl methyl sites for hydroxylation is 1. The lowest BCUT2D eigenvalue weighted by atomic mass is 9.93. The Kier molecular flexibility index (Phi) is 4.85. The van der Waals surface area contributed by atoms with Crippen LogP contribution in [0.15, 0.2) is 35.0 Å². The van der Waals surface area contributed by atoms with Gasteiger partial charge in [-0.2, -0.15) is 11.3 Å². The molecule has 2 fully saturated rings. The molecule has 1 aliphatic heterocycles. The normalized spacial score (nSPS) is 21.6. The van der Waals surface area contributed by atoms with Gasteiger partial charge in [-0.05, 0) is 84.3 Å². The van der Waals surface area contributed by atoms with Crippen LogP contribution in [0, 0.1) is 12.3 Å². The largest absolute Gasteiger partial charge is 0.496 e. The molecule has 2 aromatic rings. The Bertz CT molecular complexity index is 707. The molecule has 25 heavy (non-hydrogen) atoms. The first-order chi connectivity index (χ1) is 12.2. The minimum Gasteiger partial charge on any atom is -0.496 e. The van der Waals surface area contributed by atoms with Gasteiger partial charge in [0.1, 0.15) is 5.75 Å². The maximum atomic E-state index is 5.53. The molecule has 2 aliphatic rings. The van der Waals surface area contributed by atoms with Crippen LogP contribution in [0.5, 0.6) is 5.75 Å². The van der Waals surface area contributed by atoms with Crippen LogP contribution in [0.3, 0.4) is 0 Å². The number of ether oxygens (including phenoxy) is 1. The Balaban J connectivity index is 1.53. The van der Waals surface area contributed by atoms with Gasteiger partial charge in [0.15, 0.2) is 0 Å². The Labute approximate surface area is 155 Å². The van der Waals surface area contributed by atoms with Crippen molar-refractivity contribution in [2.45, 2.75) is 45.3 Å². The van der Waals surface area contributed by atoms with Crippen molar-refractivity contribution in [3.8, 4) is 5.75 Å². The molecule has 2 heterocycles. The molecular weight excluding hydrogens is 328 g/mol. The van der Waals surface area contributed by atoms with E-state index in [2.05, 4.69) is 52.2 Å². The minimum absolute atomic E-state index is 0.566. The Morgan fingerprint density at radius 3 is 2.72 bits per heavy atom. The highest BCUT2D eigenvalue weighted by molar-refractivity contribution is 7.07. The number of nitrogens with one attached hydrogen (secondary N) is 1. The number of methoxy groups -OCH3 is 1. The second kappa shape index (κ2) is 7.10. The second-order valence-electron chi connectivity index (χ2n) is 7.67. The van der Waals surface area contributed by atoms with Gasteiger partial charge in [-0.3, -0.25) is 4.90 Å². The zero-order valence-corrected chi connectivity index (χ0v) is 16.1. The molecule has 4 rings (SSSR count). The van der Waals surface area contributed by atoms with Gasteiger partial charge in [0, 0.05) is 19.1 Å². The lowest BCUT2D eigenvalue weighted by Crippen LogP contribution is -2.35. The number of piperidine rings is 1. The first-order valence-electron chi connectivity index (χ1n) is 9.29. The molecular formula is C21H28N2OS. The monoisotopic (exact) mass is 356 g/mol. The second-order valence-corrected chi connectivity index (χ2v) is 8.45. The van der Waals surface area contributed by atoms with E-state index in [-0.39, 0.29) is 0 Å². The van der Waals surface area contributed by atoms with Gasteiger partial charge in [0.2, 0.25) is 0 Å². The molecule has 1 saturated heterocycles. The van der Waals surface area contributed by atoms with Gasteiger partial charge >= 0.3 is 0 Å². The zero-order valence-electron chi connectivity index (χ0n) is 15.3. The Morgan fingerprint density at radius 2 is 2.00 bits per heavy atom. The number of hydrogen-bond acceptors (Lipinski definition) is 4. The Morgan fingerprint density at radius 1 is 1.20 bits per heavy atom. The summed E-state index contributed by atoms with van der Waals surface area (Å²) < 4.78 is 5.53. The van der Waals surface area contributed by atoms with E-state index < -0.39 is 0 Å². The topological polar surface area (TPSA) is 24.5 Å². The molecule has 1 saturated carbocycles. The highest BCUT2D eigenvalue weighted by Gasteiger charge is 2.56. The summed E-state index contributed by atoms with van der Waals surface area (Å²) in [6, 6.07) is 9.65. The van der Waals surface area contributed by atoms with Gasteiger partial charge in [-0.15, -0.1) is 0 Å². The van der Waals surface area contributed by atoms with Gasteiger partial charge < -0.3 is 10.1 Å². The van der Waals surface area contributed by atoms with E-state index >= 15 is 0 Å². The van der Waals surface area contributed by atoms with E-state index in [9.17, 15) is 0 Å². The highest BCUT2D eigenvalue weighted by Crippen LogP contribution is 2.56. The molecule has 4 heteroatoms. The van der Waals surface area contributed by atoms with E-state index in [4.69, 9.17) is 4.74 Å². The molecule has 1 N–H and O–H groups in total. The van der Waals surface area contributed by atoms with Crippen LogP contribution in [0.2, 0.25) is 0 Å². The molecule has 1 aliphatic carbocycles. The van der Waals surface area contributed by atoms with Crippen molar-refractivity contribution >= 4 is 11.3 Å². The molecule has 0 radical (unpaired) electrons. The first kappa shape index (κ1) is 17.1. The number of hydrogen-bond donors (Lipinski definition) is 1. The first-order valence-corrected chi connectivity index (χ1v) is 10.2. The summed E-state index contributed by atoms with van der Waals surface area (Å²) in [5.74, 6) is 1.00. The number of benzene rings is 1. The molecule has 1 spiro atoms. The van der Waals surface area contributed by atoms with E-state index in [1.165, 1.54) is 49.0 Å². The average molecular weight is 357 g/mol. The number of rotatable bonds is 6. The van der Waals surface area contributed by atoms with Crippen LogP contribution in [0.25, 0.3) is 0 Å². The van der Waals surface area contributed by atoms with E-state index in [1.807, 2.05) is 0 Å². The van der Waals surface area contributed by atoms with Gasteiger partial charge in [0.25, 0.3) is 0 Å². The van der Waals surface area contributed by atoms with Gasteiger partial charge in [0.05, 0.1) is 7.11 Å². The third-order valence-corrected chi connectivity index (χ3v) is 6.74. The lowest BCUT2D eigenvalue weighted by Gasteiger charge is -2.29. The van der Waals surface area contributed by atoms with Gasteiger partial charge in [-0.1, -0.05) is 12.1 Å². The zero-order chi connectivity index (χ0) is 17.3. The van der Waals surface area contributed by atoms with E-state index in [0.717, 1.165) is 24.9 Å². The molecule has 1 atom stereocenters. The van der Waals surface area contributed by atoms with Crippen LogP contribution in [-0.2, 0) is 13.1 Å². The highest BCUT2D eigenvalue weighted by atomic mass is 32.1. The fourth-order valence-corrected chi connectivity index (χ4v) is 5.06. The van der Waals surface area contributed by atoms with E-state index in [0.29, 0.717) is 5.41 Å². The fraction of sp³-hybridized carbons (Fsp3) is 0.524.